The molecule has 4 heterocycles. The van der Waals surface area contributed by atoms with E-state index >= 15 is 0 Å². The Morgan fingerprint density at radius 1 is 1.20 bits per heavy atom. The molecule has 2 fully saturated rings. The number of fused-ring (bicyclic) bond motifs is 1. The van der Waals surface area contributed by atoms with Crippen LogP contribution in [-0.4, -0.2) is 56.0 Å². The Bertz CT molecular complexity index is 1340. The average molecular weight is 554 g/mol. The Hall–Kier alpha value is -1.56. The smallest absolute Gasteiger partial charge is 0.252 e. The minimum absolute atomic E-state index is 0.00200. The normalized spacial score (nSPS) is 20.0. The average Bonchev–Trinajstić information content (AvgIpc) is 3.58. The van der Waals surface area contributed by atoms with Crippen LogP contribution in [0.4, 0.5) is 5.13 Å². The van der Waals surface area contributed by atoms with Crippen LogP contribution in [0.3, 0.4) is 0 Å². The van der Waals surface area contributed by atoms with Crippen molar-refractivity contribution >= 4 is 65.6 Å². The molecule has 11 heteroatoms. The topological polar surface area (TPSA) is 79.8 Å². The number of halogens is 1. The van der Waals surface area contributed by atoms with Crippen molar-refractivity contribution in [1.29, 1.82) is 0 Å². The van der Waals surface area contributed by atoms with Crippen molar-refractivity contribution in [3.05, 3.63) is 39.7 Å². The molecule has 1 amide bonds. The first-order valence-electron chi connectivity index (χ1n) is 11.8. The van der Waals surface area contributed by atoms with Gasteiger partial charge in [0.25, 0.3) is 10.0 Å². The van der Waals surface area contributed by atoms with Gasteiger partial charge in [-0.25, -0.2) is 13.4 Å². The zero-order valence-corrected chi connectivity index (χ0v) is 22.9. The quantitative estimate of drug-likeness (QED) is 0.417. The lowest BCUT2D eigenvalue weighted by atomic mass is 9.96. The summed E-state index contributed by atoms with van der Waals surface area (Å²) >= 11 is 8.54. The van der Waals surface area contributed by atoms with Crippen LogP contribution in [0.1, 0.15) is 36.8 Å². The molecule has 0 N–H and O–H groups in total. The summed E-state index contributed by atoms with van der Waals surface area (Å²) in [5, 5.41) is 0.692. The summed E-state index contributed by atoms with van der Waals surface area (Å²) < 4.78 is 35.0. The highest BCUT2D eigenvalue weighted by molar-refractivity contribution is 7.91. The Kier molecular flexibility index (Phi) is 7.22. The first kappa shape index (κ1) is 25.1. The number of nitrogens with zero attached hydrogens (tertiary/aromatic N) is 3. The second-order valence-corrected chi connectivity index (χ2v) is 14.1. The van der Waals surface area contributed by atoms with Gasteiger partial charge in [0, 0.05) is 25.6 Å². The van der Waals surface area contributed by atoms with Crippen molar-refractivity contribution in [2.45, 2.75) is 49.8 Å². The summed E-state index contributed by atoms with van der Waals surface area (Å²) in [6.07, 6.45) is 2.86. The SMILES string of the molecule is Cc1cc(C)c2nc(N(CC3CCCO3)C(=O)C3CCN(S(=O)(=O)c4ccc(Cl)s4)CC3)sc2c1. The van der Waals surface area contributed by atoms with Gasteiger partial charge in [-0.05, 0) is 68.9 Å². The van der Waals surface area contributed by atoms with E-state index in [1.807, 2.05) is 6.92 Å². The number of rotatable bonds is 6. The molecular weight excluding hydrogens is 526 g/mol. The first-order chi connectivity index (χ1) is 16.7. The van der Waals surface area contributed by atoms with Crippen molar-refractivity contribution in [2.24, 2.45) is 5.92 Å². The van der Waals surface area contributed by atoms with Gasteiger partial charge in [-0.15, -0.1) is 11.3 Å². The van der Waals surface area contributed by atoms with E-state index in [2.05, 4.69) is 19.1 Å². The maximum atomic E-state index is 13.8. The predicted octanol–water partition coefficient (Wildman–Crippen LogP) is 5.24. The number of ether oxygens (including phenoxy) is 1. The Morgan fingerprint density at radius 2 is 1.97 bits per heavy atom. The maximum absolute atomic E-state index is 13.8. The van der Waals surface area contributed by atoms with Crippen LogP contribution >= 0.6 is 34.3 Å². The van der Waals surface area contributed by atoms with Crippen LogP contribution in [0.25, 0.3) is 10.2 Å². The molecule has 2 aliphatic rings. The van der Waals surface area contributed by atoms with Crippen LogP contribution < -0.4 is 4.90 Å². The largest absolute Gasteiger partial charge is 0.376 e. The zero-order chi connectivity index (χ0) is 24.7. The monoisotopic (exact) mass is 553 g/mol. The van der Waals surface area contributed by atoms with Crippen molar-refractivity contribution in [3.8, 4) is 0 Å². The number of benzene rings is 1. The van der Waals surface area contributed by atoms with Gasteiger partial charge in [0.1, 0.15) is 4.21 Å². The summed E-state index contributed by atoms with van der Waals surface area (Å²) in [6, 6.07) is 7.35. The van der Waals surface area contributed by atoms with Gasteiger partial charge in [0.2, 0.25) is 5.91 Å². The molecule has 1 atom stereocenters. The second-order valence-electron chi connectivity index (χ2n) is 9.25. The molecule has 1 unspecified atom stereocenters. The van der Waals surface area contributed by atoms with E-state index in [1.54, 1.807) is 17.0 Å². The summed E-state index contributed by atoms with van der Waals surface area (Å²) in [5.41, 5.74) is 3.19. The number of thiazole rings is 1. The number of sulfonamides is 1. The van der Waals surface area contributed by atoms with Crippen LogP contribution in [0.2, 0.25) is 4.34 Å². The van der Waals surface area contributed by atoms with Gasteiger partial charge in [-0.2, -0.15) is 4.31 Å². The van der Waals surface area contributed by atoms with Crippen molar-refractivity contribution in [1.82, 2.24) is 9.29 Å². The van der Waals surface area contributed by atoms with Crippen LogP contribution in [-0.2, 0) is 19.6 Å². The summed E-state index contributed by atoms with van der Waals surface area (Å²) in [4.78, 5) is 20.5. The van der Waals surface area contributed by atoms with Gasteiger partial charge >= 0.3 is 0 Å². The van der Waals surface area contributed by atoms with E-state index < -0.39 is 10.0 Å². The molecule has 0 bridgehead atoms. The number of amides is 1. The van der Waals surface area contributed by atoms with Crippen LogP contribution in [0, 0.1) is 19.8 Å². The molecule has 35 heavy (non-hydrogen) atoms. The highest BCUT2D eigenvalue weighted by Crippen LogP contribution is 2.35. The summed E-state index contributed by atoms with van der Waals surface area (Å²) in [7, 11) is -3.60. The minimum atomic E-state index is -3.60. The number of aromatic nitrogens is 1. The molecule has 5 rings (SSSR count). The number of aryl methyl sites for hydroxylation is 2. The minimum Gasteiger partial charge on any atom is -0.376 e. The molecule has 0 aliphatic carbocycles. The molecule has 2 aliphatic heterocycles. The van der Waals surface area contributed by atoms with Crippen LogP contribution in [0.5, 0.6) is 0 Å². The molecule has 2 saturated heterocycles. The number of hydrogen-bond acceptors (Lipinski definition) is 7. The first-order valence-corrected chi connectivity index (χ1v) is 15.2. The molecule has 0 radical (unpaired) electrons. The van der Waals surface area contributed by atoms with Crippen molar-refractivity contribution in [2.75, 3.05) is 31.1 Å². The third-order valence-corrected chi connectivity index (χ3v) is 11.3. The van der Waals surface area contributed by atoms with E-state index in [1.165, 1.54) is 21.2 Å². The highest BCUT2D eigenvalue weighted by Gasteiger charge is 2.36. The lowest BCUT2D eigenvalue weighted by molar-refractivity contribution is -0.123. The second kappa shape index (κ2) is 10.1. The van der Waals surface area contributed by atoms with E-state index in [9.17, 15) is 13.2 Å². The lowest BCUT2D eigenvalue weighted by Gasteiger charge is -2.33. The van der Waals surface area contributed by atoms with Crippen molar-refractivity contribution < 1.29 is 17.9 Å². The third kappa shape index (κ3) is 5.14. The number of piperidine rings is 1. The number of thiophene rings is 1. The van der Waals surface area contributed by atoms with Crippen molar-refractivity contribution in [3.63, 3.8) is 0 Å². The summed E-state index contributed by atoms with van der Waals surface area (Å²) in [5.74, 6) is -0.255. The molecule has 7 nitrogen and oxygen atoms in total. The summed E-state index contributed by atoms with van der Waals surface area (Å²) in [6.45, 7) is 5.91. The number of anilines is 1. The molecule has 188 valence electrons. The standard InChI is InChI=1S/C24H28ClN3O4S3/c1-15-12-16(2)22-19(13-15)33-24(26-22)28(14-18-4-3-11-32-18)23(29)17-7-9-27(10-8-17)35(30,31)21-6-5-20(25)34-21/h5-6,12-13,17-18H,3-4,7-11,14H2,1-2H3. The molecule has 0 saturated carbocycles. The Balaban J connectivity index is 1.36. The molecule has 3 aromatic rings. The van der Waals surface area contributed by atoms with E-state index in [0.29, 0.717) is 48.6 Å². The Labute approximate surface area is 218 Å². The van der Waals surface area contributed by atoms with Gasteiger partial charge in [-0.3, -0.25) is 9.69 Å². The predicted molar refractivity (Wildman–Crippen MR) is 141 cm³/mol. The lowest BCUT2D eigenvalue weighted by Crippen LogP contribution is -2.46. The van der Waals surface area contributed by atoms with Gasteiger partial charge in [-0.1, -0.05) is 29.0 Å². The van der Waals surface area contributed by atoms with Gasteiger partial charge in [0.15, 0.2) is 5.13 Å². The number of hydrogen-bond donors (Lipinski definition) is 0. The zero-order valence-electron chi connectivity index (χ0n) is 19.7. The third-order valence-electron chi connectivity index (χ3n) is 6.67. The highest BCUT2D eigenvalue weighted by atomic mass is 35.5. The molecule has 2 aromatic heterocycles. The molecule has 0 spiro atoms. The van der Waals surface area contributed by atoms with E-state index in [4.69, 9.17) is 21.3 Å². The molecular formula is C24H28ClN3O4S3. The van der Waals surface area contributed by atoms with Gasteiger partial charge in [0.05, 0.1) is 27.2 Å². The van der Waals surface area contributed by atoms with Crippen LogP contribution in [0.15, 0.2) is 28.5 Å². The number of carbonyl (C=O) groups is 1. The fraction of sp³-hybridized carbons (Fsp3) is 0.500. The van der Waals surface area contributed by atoms with E-state index in [-0.39, 0.29) is 22.1 Å². The molecule has 1 aromatic carbocycles. The Morgan fingerprint density at radius 3 is 2.63 bits per heavy atom. The number of carbonyl (C=O) groups excluding carboxylic acids is 1. The van der Waals surface area contributed by atoms with E-state index in [0.717, 1.165) is 40.0 Å². The maximum Gasteiger partial charge on any atom is 0.252 e. The fourth-order valence-corrected chi connectivity index (χ4v) is 9.12. The fourth-order valence-electron chi connectivity index (χ4n) is 4.86. The van der Waals surface area contributed by atoms with Gasteiger partial charge < -0.3 is 4.74 Å².